The molecule has 2 aromatic rings. The van der Waals surface area contributed by atoms with Crippen molar-refractivity contribution >= 4 is 23.4 Å². The third-order valence-corrected chi connectivity index (χ3v) is 7.10. The van der Waals surface area contributed by atoms with E-state index in [0.29, 0.717) is 23.8 Å². The highest BCUT2D eigenvalue weighted by Gasteiger charge is 2.44. The molecule has 32 heavy (non-hydrogen) atoms. The lowest BCUT2D eigenvalue weighted by molar-refractivity contribution is -0.0910. The van der Waals surface area contributed by atoms with E-state index in [1.54, 1.807) is 18.2 Å². The van der Waals surface area contributed by atoms with Crippen LogP contribution in [0.25, 0.3) is 0 Å². The van der Waals surface area contributed by atoms with Gasteiger partial charge in [0.1, 0.15) is 23.7 Å². The number of aliphatic hydroxyl groups excluding tert-OH is 4. The highest BCUT2D eigenvalue weighted by atomic mass is 35.5. The Balaban J connectivity index is 1.70. The standard InChI is InChI=1S/C24H31ClO6S/c1-2-3-4-11-30-18-8-5-15(6-9-18)12-16-13-17(25)7-10-19(16)31-24-23(29)22(28)21(27)20(14-26)32-24/h5-10,13,20-24,26-29H,2-4,11-12,14H2,1H3/t20-,21-,22+,23-,24-/m1/s1. The van der Waals surface area contributed by atoms with Gasteiger partial charge in [-0.2, -0.15) is 0 Å². The lowest BCUT2D eigenvalue weighted by Crippen LogP contribution is -2.55. The van der Waals surface area contributed by atoms with Crippen molar-refractivity contribution in [1.29, 1.82) is 0 Å². The molecule has 0 amide bonds. The van der Waals surface area contributed by atoms with E-state index in [1.165, 1.54) is 0 Å². The quantitative estimate of drug-likeness (QED) is 0.385. The highest BCUT2D eigenvalue weighted by molar-refractivity contribution is 8.00. The molecule has 0 spiro atoms. The molecule has 6 nitrogen and oxygen atoms in total. The van der Waals surface area contributed by atoms with Gasteiger partial charge in [0, 0.05) is 17.0 Å². The molecule has 0 aromatic heterocycles. The summed E-state index contributed by atoms with van der Waals surface area (Å²) < 4.78 is 11.8. The number of halogens is 1. The molecule has 2 aromatic carbocycles. The number of ether oxygens (including phenoxy) is 2. The fourth-order valence-electron chi connectivity index (χ4n) is 3.56. The average molecular weight is 483 g/mol. The van der Waals surface area contributed by atoms with Gasteiger partial charge in [-0.1, -0.05) is 43.5 Å². The van der Waals surface area contributed by atoms with Crippen LogP contribution in [-0.2, 0) is 6.42 Å². The second kappa shape index (κ2) is 12.1. The molecule has 0 bridgehead atoms. The van der Waals surface area contributed by atoms with Crippen molar-refractivity contribution in [3.05, 3.63) is 58.6 Å². The van der Waals surface area contributed by atoms with E-state index in [4.69, 9.17) is 21.1 Å². The van der Waals surface area contributed by atoms with Crippen molar-refractivity contribution in [2.45, 2.75) is 61.6 Å². The molecule has 1 aliphatic heterocycles. The van der Waals surface area contributed by atoms with Crippen LogP contribution >= 0.6 is 23.4 Å². The zero-order chi connectivity index (χ0) is 23.1. The molecule has 3 rings (SSSR count). The summed E-state index contributed by atoms with van der Waals surface area (Å²) in [6.45, 7) is 2.53. The SMILES string of the molecule is CCCCCOc1ccc(Cc2cc(Cl)ccc2O[C@@H]2S[C@H](CO)[C@@H](O)[C@H](O)[C@H]2O)cc1. The first-order chi connectivity index (χ1) is 15.4. The number of thioether (sulfide) groups is 1. The Morgan fingerprint density at radius 1 is 0.969 bits per heavy atom. The normalized spacial score (nSPS) is 25.5. The summed E-state index contributed by atoms with van der Waals surface area (Å²) in [6.07, 6.45) is -0.0397. The van der Waals surface area contributed by atoms with E-state index in [0.717, 1.165) is 47.9 Å². The minimum atomic E-state index is -1.40. The highest BCUT2D eigenvalue weighted by Crippen LogP contribution is 2.36. The summed E-state index contributed by atoms with van der Waals surface area (Å²) in [4.78, 5) is 0. The predicted molar refractivity (Wildman–Crippen MR) is 127 cm³/mol. The van der Waals surface area contributed by atoms with Gasteiger partial charge in [0.25, 0.3) is 0 Å². The molecule has 5 atom stereocenters. The maximum atomic E-state index is 10.4. The Morgan fingerprint density at radius 3 is 2.41 bits per heavy atom. The van der Waals surface area contributed by atoms with Gasteiger partial charge >= 0.3 is 0 Å². The number of rotatable bonds is 10. The van der Waals surface area contributed by atoms with Crippen molar-refractivity contribution in [2.75, 3.05) is 13.2 Å². The van der Waals surface area contributed by atoms with Crippen LogP contribution in [0, 0.1) is 0 Å². The number of aliphatic hydroxyl groups is 4. The van der Waals surface area contributed by atoms with Gasteiger partial charge < -0.3 is 29.9 Å². The molecule has 176 valence electrons. The van der Waals surface area contributed by atoms with Crippen LogP contribution in [0.2, 0.25) is 5.02 Å². The Bertz CT molecular complexity index is 847. The summed E-state index contributed by atoms with van der Waals surface area (Å²) in [5.74, 6) is 1.35. The van der Waals surface area contributed by atoms with Gasteiger partial charge in [0.2, 0.25) is 0 Å². The van der Waals surface area contributed by atoms with Crippen LogP contribution in [0.15, 0.2) is 42.5 Å². The van der Waals surface area contributed by atoms with Crippen LogP contribution in [0.5, 0.6) is 11.5 Å². The van der Waals surface area contributed by atoms with Crippen molar-refractivity contribution < 1.29 is 29.9 Å². The van der Waals surface area contributed by atoms with Crippen LogP contribution in [0.4, 0.5) is 0 Å². The summed E-state index contributed by atoms with van der Waals surface area (Å²) in [5.41, 5.74) is 1.02. The monoisotopic (exact) mass is 482 g/mol. The number of benzene rings is 2. The topological polar surface area (TPSA) is 99.4 Å². The lowest BCUT2D eigenvalue weighted by Gasteiger charge is -2.39. The second-order valence-electron chi connectivity index (χ2n) is 7.94. The number of unbranched alkanes of at least 4 members (excludes halogenated alkanes) is 2. The minimum absolute atomic E-state index is 0.337. The summed E-state index contributed by atoms with van der Waals surface area (Å²) in [5, 5.41) is 39.9. The van der Waals surface area contributed by atoms with Gasteiger partial charge in [-0.05, 0) is 42.3 Å². The maximum absolute atomic E-state index is 10.4. The minimum Gasteiger partial charge on any atom is -0.494 e. The zero-order valence-electron chi connectivity index (χ0n) is 18.1. The summed E-state index contributed by atoms with van der Waals surface area (Å²) in [6, 6.07) is 13.1. The fraction of sp³-hybridized carbons (Fsp3) is 0.500. The lowest BCUT2D eigenvalue weighted by atomic mass is 10.0. The molecule has 8 heteroatoms. The van der Waals surface area contributed by atoms with Gasteiger partial charge in [-0.25, -0.2) is 0 Å². The molecule has 1 aliphatic rings. The first-order valence-corrected chi connectivity index (χ1v) is 12.2. The molecule has 0 saturated carbocycles. The van der Waals surface area contributed by atoms with E-state index in [1.807, 2.05) is 24.3 Å². The third kappa shape index (κ3) is 6.53. The Kier molecular flexibility index (Phi) is 9.52. The molecular formula is C24H31ClO6S. The number of hydrogen-bond donors (Lipinski definition) is 4. The largest absolute Gasteiger partial charge is 0.494 e. The van der Waals surface area contributed by atoms with Crippen LogP contribution in [-0.4, -0.2) is 62.6 Å². The van der Waals surface area contributed by atoms with E-state index in [2.05, 4.69) is 6.92 Å². The molecule has 4 N–H and O–H groups in total. The summed E-state index contributed by atoms with van der Waals surface area (Å²) in [7, 11) is 0. The first-order valence-electron chi connectivity index (χ1n) is 10.9. The zero-order valence-corrected chi connectivity index (χ0v) is 19.6. The van der Waals surface area contributed by atoms with E-state index in [-0.39, 0.29) is 6.61 Å². The van der Waals surface area contributed by atoms with E-state index >= 15 is 0 Å². The Labute approximate surface area is 198 Å². The smallest absolute Gasteiger partial charge is 0.173 e. The van der Waals surface area contributed by atoms with Crippen molar-refractivity contribution in [3.63, 3.8) is 0 Å². The van der Waals surface area contributed by atoms with Gasteiger partial charge in [0.05, 0.1) is 24.6 Å². The first kappa shape index (κ1) is 25.1. The Morgan fingerprint density at radius 2 is 1.72 bits per heavy atom. The van der Waals surface area contributed by atoms with Crippen molar-refractivity contribution in [3.8, 4) is 11.5 Å². The second-order valence-corrected chi connectivity index (χ2v) is 9.72. The molecule has 0 radical (unpaired) electrons. The fourth-order valence-corrected chi connectivity index (χ4v) is 4.99. The third-order valence-electron chi connectivity index (χ3n) is 5.45. The predicted octanol–water partition coefficient (Wildman–Crippen LogP) is 3.40. The molecule has 1 heterocycles. The molecule has 1 saturated heterocycles. The van der Waals surface area contributed by atoms with Gasteiger partial charge in [0.15, 0.2) is 5.44 Å². The average Bonchev–Trinajstić information content (AvgIpc) is 2.79. The van der Waals surface area contributed by atoms with E-state index < -0.39 is 29.0 Å². The molecule has 1 fully saturated rings. The van der Waals surface area contributed by atoms with E-state index in [9.17, 15) is 20.4 Å². The van der Waals surface area contributed by atoms with Crippen LogP contribution in [0.3, 0.4) is 0 Å². The maximum Gasteiger partial charge on any atom is 0.173 e. The number of hydrogen-bond acceptors (Lipinski definition) is 7. The molecule has 0 unspecified atom stereocenters. The molecular weight excluding hydrogens is 452 g/mol. The van der Waals surface area contributed by atoms with Crippen molar-refractivity contribution in [2.24, 2.45) is 0 Å². The summed E-state index contributed by atoms with van der Waals surface area (Å²) >= 11 is 7.31. The van der Waals surface area contributed by atoms with Crippen LogP contribution < -0.4 is 9.47 Å². The van der Waals surface area contributed by atoms with Gasteiger partial charge in [-0.3, -0.25) is 0 Å². The van der Waals surface area contributed by atoms with Gasteiger partial charge in [-0.15, -0.1) is 11.8 Å². The molecule has 0 aliphatic carbocycles. The van der Waals surface area contributed by atoms with Crippen LogP contribution in [0.1, 0.15) is 37.3 Å². The van der Waals surface area contributed by atoms with Crippen molar-refractivity contribution in [1.82, 2.24) is 0 Å². The Hall–Kier alpha value is -1.48.